The molecule has 136 valence electrons. The molecule has 27 heavy (non-hydrogen) atoms. The lowest BCUT2D eigenvalue weighted by molar-refractivity contribution is -0.384. The number of furan rings is 1. The summed E-state index contributed by atoms with van der Waals surface area (Å²) in [6, 6.07) is 16.6. The van der Waals surface area contributed by atoms with Gasteiger partial charge in [-0.1, -0.05) is 29.8 Å². The van der Waals surface area contributed by atoms with Crippen molar-refractivity contribution in [3.05, 3.63) is 82.1 Å². The van der Waals surface area contributed by atoms with Crippen LogP contribution in [0.2, 0.25) is 0 Å². The van der Waals surface area contributed by atoms with Crippen molar-refractivity contribution in [1.29, 1.82) is 0 Å². The number of amides is 1. The minimum Gasteiger partial charge on any atom is -0.451 e. The average Bonchev–Trinajstić information content (AvgIpc) is 3.14. The molecule has 2 aromatic carbocycles. The third kappa shape index (κ3) is 4.36. The van der Waals surface area contributed by atoms with E-state index in [1.165, 1.54) is 18.2 Å². The van der Waals surface area contributed by atoms with Crippen LogP contribution in [0.4, 0.5) is 11.4 Å². The molecule has 2 N–H and O–H groups in total. The second-order valence-electron chi connectivity index (χ2n) is 5.71. The smallest absolute Gasteiger partial charge is 0.293 e. The van der Waals surface area contributed by atoms with Gasteiger partial charge < -0.3 is 9.73 Å². The highest BCUT2D eigenvalue weighted by Crippen LogP contribution is 2.30. The Morgan fingerprint density at radius 3 is 2.48 bits per heavy atom. The Balaban J connectivity index is 1.71. The molecule has 3 rings (SSSR count). The largest absolute Gasteiger partial charge is 0.451 e. The maximum atomic E-state index is 12.3. The second kappa shape index (κ2) is 7.79. The van der Waals surface area contributed by atoms with Crippen LogP contribution in [0.15, 0.2) is 65.1 Å². The van der Waals surface area contributed by atoms with Crippen molar-refractivity contribution >= 4 is 34.6 Å². The van der Waals surface area contributed by atoms with E-state index in [0.29, 0.717) is 5.56 Å². The molecule has 3 aromatic rings. The van der Waals surface area contributed by atoms with E-state index in [1.54, 1.807) is 18.2 Å². The number of nitro groups is 1. The molecule has 1 amide bonds. The van der Waals surface area contributed by atoms with Crippen molar-refractivity contribution in [2.45, 2.75) is 6.92 Å². The highest BCUT2D eigenvalue weighted by Gasteiger charge is 2.19. The molecule has 0 aliphatic carbocycles. The number of anilines is 1. The second-order valence-corrected chi connectivity index (χ2v) is 6.12. The topological polar surface area (TPSA) is 97.4 Å². The first-order valence-electron chi connectivity index (χ1n) is 7.96. The number of hydrogen-bond acceptors (Lipinski definition) is 5. The van der Waals surface area contributed by atoms with E-state index >= 15 is 0 Å². The van der Waals surface area contributed by atoms with Crippen molar-refractivity contribution in [3.63, 3.8) is 0 Å². The van der Waals surface area contributed by atoms with Crippen LogP contribution in [0.5, 0.6) is 0 Å². The van der Waals surface area contributed by atoms with Crippen LogP contribution in [-0.4, -0.2) is 15.9 Å². The maximum Gasteiger partial charge on any atom is 0.293 e. The van der Waals surface area contributed by atoms with Gasteiger partial charge in [0.1, 0.15) is 5.76 Å². The standard InChI is InChI=1S/C19H15N3O4S/c1-12-6-8-13(9-7-12)20-19(27)21-18(23)17-11-10-16(26-17)14-4-2-3-5-15(14)22(24)25/h2-11H,1H3,(H2,20,21,23,27). The molecule has 0 bridgehead atoms. The number of nitrogens with one attached hydrogen (secondary N) is 2. The van der Waals surface area contributed by atoms with Crippen LogP contribution in [0.25, 0.3) is 11.3 Å². The first-order chi connectivity index (χ1) is 12.9. The molecule has 8 heteroatoms. The number of carbonyl (C=O) groups excluding carboxylic acids is 1. The molecule has 0 unspecified atom stereocenters. The summed E-state index contributed by atoms with van der Waals surface area (Å²) in [7, 11) is 0. The fourth-order valence-electron chi connectivity index (χ4n) is 2.41. The zero-order chi connectivity index (χ0) is 19.4. The lowest BCUT2D eigenvalue weighted by Gasteiger charge is -2.08. The van der Waals surface area contributed by atoms with Crippen molar-refractivity contribution in [3.8, 4) is 11.3 Å². The highest BCUT2D eigenvalue weighted by atomic mass is 32.1. The van der Waals surface area contributed by atoms with Gasteiger partial charge in [-0.15, -0.1) is 0 Å². The minimum absolute atomic E-state index is 0.00351. The predicted molar refractivity (Wildman–Crippen MR) is 106 cm³/mol. The van der Waals surface area contributed by atoms with E-state index in [0.717, 1.165) is 11.3 Å². The van der Waals surface area contributed by atoms with Gasteiger partial charge in [0, 0.05) is 11.8 Å². The third-order valence-electron chi connectivity index (χ3n) is 3.73. The van der Waals surface area contributed by atoms with Crippen molar-refractivity contribution in [2.24, 2.45) is 0 Å². The number of thiocarbonyl (C=S) groups is 1. The van der Waals surface area contributed by atoms with Crippen LogP contribution >= 0.6 is 12.2 Å². The van der Waals surface area contributed by atoms with Gasteiger partial charge in [0.25, 0.3) is 11.6 Å². The van der Waals surface area contributed by atoms with Gasteiger partial charge in [-0.25, -0.2) is 0 Å². The van der Waals surface area contributed by atoms with Crippen LogP contribution in [0.3, 0.4) is 0 Å². The molecular weight excluding hydrogens is 366 g/mol. The molecule has 0 fully saturated rings. The van der Waals surface area contributed by atoms with Crippen LogP contribution in [0.1, 0.15) is 16.1 Å². The van der Waals surface area contributed by atoms with Gasteiger partial charge in [0.2, 0.25) is 0 Å². The monoisotopic (exact) mass is 381 g/mol. The number of aryl methyl sites for hydroxylation is 1. The summed E-state index contributed by atoms with van der Waals surface area (Å²) in [6.07, 6.45) is 0. The molecule has 0 atom stereocenters. The first kappa shape index (κ1) is 18.3. The maximum absolute atomic E-state index is 12.3. The van der Waals surface area contributed by atoms with E-state index in [-0.39, 0.29) is 22.3 Å². The Kier molecular flexibility index (Phi) is 5.28. The number of nitro benzene ring substituents is 1. The van der Waals surface area contributed by atoms with E-state index in [2.05, 4.69) is 10.6 Å². The zero-order valence-electron chi connectivity index (χ0n) is 14.3. The summed E-state index contributed by atoms with van der Waals surface area (Å²) in [5, 5.41) is 16.7. The molecule has 0 saturated carbocycles. The van der Waals surface area contributed by atoms with Crippen LogP contribution < -0.4 is 10.6 Å². The summed E-state index contributed by atoms with van der Waals surface area (Å²) in [4.78, 5) is 22.9. The number of para-hydroxylation sites is 1. The average molecular weight is 381 g/mol. The van der Waals surface area contributed by atoms with E-state index < -0.39 is 10.8 Å². The lowest BCUT2D eigenvalue weighted by atomic mass is 10.1. The van der Waals surface area contributed by atoms with E-state index in [1.807, 2.05) is 31.2 Å². The first-order valence-corrected chi connectivity index (χ1v) is 8.37. The fourth-order valence-corrected chi connectivity index (χ4v) is 2.62. The Hall–Kier alpha value is -3.52. The zero-order valence-corrected chi connectivity index (χ0v) is 15.1. The fraction of sp³-hybridized carbons (Fsp3) is 0.0526. The van der Waals surface area contributed by atoms with Gasteiger partial charge >= 0.3 is 0 Å². The summed E-state index contributed by atoms with van der Waals surface area (Å²) in [6.45, 7) is 1.97. The summed E-state index contributed by atoms with van der Waals surface area (Å²) >= 11 is 5.13. The summed E-state index contributed by atoms with van der Waals surface area (Å²) < 4.78 is 5.49. The molecule has 0 radical (unpaired) electrons. The normalized spacial score (nSPS) is 10.3. The number of carbonyl (C=O) groups is 1. The minimum atomic E-state index is -0.551. The summed E-state index contributed by atoms with van der Waals surface area (Å²) in [5.41, 5.74) is 2.04. The lowest BCUT2D eigenvalue weighted by Crippen LogP contribution is -2.33. The molecule has 0 aliphatic heterocycles. The number of hydrogen-bond donors (Lipinski definition) is 2. The van der Waals surface area contributed by atoms with Gasteiger partial charge in [-0.3, -0.25) is 20.2 Å². The molecule has 1 aromatic heterocycles. The molecule has 0 saturated heterocycles. The van der Waals surface area contributed by atoms with Crippen LogP contribution in [-0.2, 0) is 0 Å². The Labute approximate surface area is 160 Å². The number of nitrogens with zero attached hydrogens (tertiary/aromatic N) is 1. The molecule has 0 spiro atoms. The van der Waals surface area contributed by atoms with Gasteiger partial charge in [0.15, 0.2) is 10.9 Å². The van der Waals surface area contributed by atoms with Gasteiger partial charge in [-0.05, 0) is 49.5 Å². The van der Waals surface area contributed by atoms with Gasteiger partial charge in [0.05, 0.1) is 10.5 Å². The quantitative estimate of drug-likeness (QED) is 0.397. The van der Waals surface area contributed by atoms with Crippen molar-refractivity contribution in [2.75, 3.05) is 5.32 Å². The van der Waals surface area contributed by atoms with Gasteiger partial charge in [-0.2, -0.15) is 0 Å². The molecule has 1 heterocycles. The van der Waals surface area contributed by atoms with E-state index in [4.69, 9.17) is 16.6 Å². The predicted octanol–water partition coefficient (Wildman–Crippen LogP) is 4.29. The molecule has 0 aliphatic rings. The van der Waals surface area contributed by atoms with Crippen molar-refractivity contribution < 1.29 is 14.1 Å². The Morgan fingerprint density at radius 1 is 1.07 bits per heavy atom. The summed E-state index contributed by atoms with van der Waals surface area (Å²) in [5.74, 6) is -0.328. The van der Waals surface area contributed by atoms with E-state index in [9.17, 15) is 14.9 Å². The Morgan fingerprint density at radius 2 is 1.78 bits per heavy atom. The SMILES string of the molecule is Cc1ccc(NC(=S)NC(=O)c2ccc(-c3ccccc3[N+](=O)[O-])o2)cc1. The van der Waals surface area contributed by atoms with Crippen molar-refractivity contribution in [1.82, 2.24) is 5.32 Å². The third-order valence-corrected chi connectivity index (χ3v) is 3.94. The Bertz CT molecular complexity index is 1010. The molecule has 7 nitrogen and oxygen atoms in total. The number of rotatable bonds is 4. The highest BCUT2D eigenvalue weighted by molar-refractivity contribution is 7.80. The van der Waals surface area contributed by atoms with Crippen LogP contribution in [0, 0.1) is 17.0 Å². The molecular formula is C19H15N3O4S. The number of benzene rings is 2.